The van der Waals surface area contributed by atoms with Crippen molar-refractivity contribution >= 4 is 22.6 Å². The van der Waals surface area contributed by atoms with Crippen molar-refractivity contribution in [2.75, 3.05) is 0 Å². The molecule has 4 rings (SSSR count). The van der Waals surface area contributed by atoms with Crippen LogP contribution in [-0.4, -0.2) is 15.0 Å². The van der Waals surface area contributed by atoms with Crippen LogP contribution in [0.25, 0.3) is 33.7 Å². The quantitative estimate of drug-likeness (QED) is 0.537. The van der Waals surface area contributed by atoms with Gasteiger partial charge in [-0.2, -0.15) is 0 Å². The fourth-order valence-corrected chi connectivity index (χ4v) is 3.23. The van der Waals surface area contributed by atoms with Crippen LogP contribution in [0, 0.1) is 0 Å². The van der Waals surface area contributed by atoms with E-state index in [1.165, 1.54) is 5.56 Å². The first-order chi connectivity index (χ1) is 12.4. The van der Waals surface area contributed by atoms with E-state index in [1.807, 2.05) is 36.4 Å². The van der Waals surface area contributed by atoms with Crippen molar-refractivity contribution in [2.24, 2.45) is 0 Å². The predicted molar refractivity (Wildman–Crippen MR) is 110 cm³/mol. The zero-order chi connectivity index (χ0) is 18.3. The van der Waals surface area contributed by atoms with E-state index in [0.29, 0.717) is 5.02 Å². The maximum atomic E-state index is 6.24. The predicted octanol–water partition coefficient (Wildman–Crippen LogP) is 3.36. The summed E-state index contributed by atoms with van der Waals surface area (Å²) in [5, 5.41) is 0.652. The Hall–Kier alpha value is -1.65. The largest absolute Gasteiger partial charge is 1.00 e. The van der Waals surface area contributed by atoms with E-state index in [2.05, 4.69) is 48.9 Å². The molecular weight excluding hydrogens is 365 g/mol. The first-order valence-corrected chi connectivity index (χ1v) is 9.01. The standard InChI is InChI=1S/C22H20ClN3.Na.H/c1-22(2,3)16-10-11-18-19(13-16)26-21(25-18)15-8-6-14(7-9-15)20-17(23)5-4-12-24-20;;/h4-13H,1-3H3,(H,25,26);;/q;+1;-1. The number of pyridine rings is 1. The number of halogens is 1. The molecule has 0 atom stereocenters. The second kappa shape index (κ2) is 7.76. The Labute approximate surface area is 188 Å². The van der Waals surface area contributed by atoms with Crippen LogP contribution >= 0.6 is 11.6 Å². The molecule has 0 radical (unpaired) electrons. The molecule has 0 fully saturated rings. The van der Waals surface area contributed by atoms with E-state index in [0.717, 1.165) is 33.7 Å². The number of hydrogen-bond donors (Lipinski definition) is 1. The number of benzene rings is 2. The van der Waals surface area contributed by atoms with Crippen LogP contribution in [0.2, 0.25) is 5.02 Å². The van der Waals surface area contributed by atoms with Crippen molar-refractivity contribution < 1.29 is 31.0 Å². The molecule has 0 saturated carbocycles. The molecule has 0 saturated heterocycles. The summed E-state index contributed by atoms with van der Waals surface area (Å²) in [5.74, 6) is 0.865. The molecule has 5 heteroatoms. The number of fused-ring (bicyclic) bond motifs is 1. The van der Waals surface area contributed by atoms with Crippen LogP contribution in [0.1, 0.15) is 27.8 Å². The van der Waals surface area contributed by atoms with Crippen LogP contribution in [0.15, 0.2) is 60.8 Å². The minimum Gasteiger partial charge on any atom is -1.00 e. The van der Waals surface area contributed by atoms with E-state index in [1.54, 1.807) is 6.20 Å². The third kappa shape index (κ3) is 4.12. The molecule has 0 aliphatic rings. The number of aromatic amines is 1. The molecule has 132 valence electrons. The van der Waals surface area contributed by atoms with Crippen molar-refractivity contribution in [1.29, 1.82) is 0 Å². The summed E-state index contributed by atoms with van der Waals surface area (Å²) in [6, 6.07) is 18.2. The van der Waals surface area contributed by atoms with Crippen molar-refractivity contribution in [3.05, 3.63) is 71.4 Å². The van der Waals surface area contributed by atoms with Crippen LogP contribution < -0.4 is 29.6 Å². The van der Waals surface area contributed by atoms with Gasteiger partial charge in [-0.1, -0.05) is 62.7 Å². The second-order valence-corrected chi connectivity index (χ2v) is 7.89. The average molecular weight is 386 g/mol. The van der Waals surface area contributed by atoms with Gasteiger partial charge >= 0.3 is 29.6 Å². The molecule has 0 aliphatic heterocycles. The molecule has 0 amide bonds. The van der Waals surface area contributed by atoms with Gasteiger partial charge in [0.1, 0.15) is 5.82 Å². The zero-order valence-corrected chi connectivity index (χ0v) is 18.8. The molecule has 0 aliphatic carbocycles. The summed E-state index contributed by atoms with van der Waals surface area (Å²) >= 11 is 6.24. The van der Waals surface area contributed by atoms with Gasteiger partial charge in [-0.05, 0) is 35.2 Å². The summed E-state index contributed by atoms with van der Waals surface area (Å²) < 4.78 is 0. The monoisotopic (exact) mass is 385 g/mol. The summed E-state index contributed by atoms with van der Waals surface area (Å²) in [6.45, 7) is 6.65. The molecule has 4 aromatic rings. The van der Waals surface area contributed by atoms with Crippen LogP contribution in [0.4, 0.5) is 0 Å². The van der Waals surface area contributed by atoms with Crippen LogP contribution in [0.5, 0.6) is 0 Å². The van der Waals surface area contributed by atoms with Gasteiger partial charge in [-0.25, -0.2) is 4.98 Å². The smallest absolute Gasteiger partial charge is 1.00 e. The maximum Gasteiger partial charge on any atom is 1.00 e. The summed E-state index contributed by atoms with van der Waals surface area (Å²) in [7, 11) is 0. The van der Waals surface area contributed by atoms with Gasteiger partial charge in [0.15, 0.2) is 0 Å². The Morgan fingerprint density at radius 2 is 1.67 bits per heavy atom. The SMILES string of the molecule is CC(C)(C)c1ccc2nc(-c3ccc(-c4ncccc4Cl)cc3)[nH]c2c1.[H-].[Na+]. The molecule has 2 aromatic carbocycles. The van der Waals surface area contributed by atoms with Gasteiger partial charge in [-0.3, -0.25) is 4.98 Å². The van der Waals surface area contributed by atoms with E-state index < -0.39 is 0 Å². The van der Waals surface area contributed by atoms with Crippen molar-refractivity contribution in [3.8, 4) is 22.6 Å². The van der Waals surface area contributed by atoms with Crippen molar-refractivity contribution in [3.63, 3.8) is 0 Å². The molecule has 2 heterocycles. The molecule has 1 N–H and O–H groups in total. The molecule has 3 nitrogen and oxygen atoms in total. The number of nitrogens with one attached hydrogen (secondary N) is 1. The fraction of sp³-hybridized carbons (Fsp3) is 0.182. The minimum atomic E-state index is 0. The molecule has 27 heavy (non-hydrogen) atoms. The molecule has 0 spiro atoms. The Morgan fingerprint density at radius 3 is 2.33 bits per heavy atom. The van der Waals surface area contributed by atoms with E-state index >= 15 is 0 Å². The summed E-state index contributed by atoms with van der Waals surface area (Å²) in [5.41, 5.74) is 6.26. The fourth-order valence-electron chi connectivity index (χ4n) is 3.00. The molecule has 0 bridgehead atoms. The first kappa shape index (κ1) is 20.1. The number of nitrogens with zero attached hydrogens (tertiary/aromatic N) is 2. The Kier molecular flexibility index (Phi) is 5.78. The summed E-state index contributed by atoms with van der Waals surface area (Å²) in [6.07, 6.45) is 1.75. The number of hydrogen-bond acceptors (Lipinski definition) is 2. The molecular formula is C22H21ClN3Na. The first-order valence-electron chi connectivity index (χ1n) is 8.63. The third-order valence-electron chi connectivity index (χ3n) is 4.54. The average Bonchev–Trinajstić information content (AvgIpc) is 3.05. The van der Waals surface area contributed by atoms with Crippen LogP contribution in [0.3, 0.4) is 0 Å². The van der Waals surface area contributed by atoms with Crippen LogP contribution in [-0.2, 0) is 5.41 Å². The zero-order valence-electron chi connectivity index (χ0n) is 17.0. The van der Waals surface area contributed by atoms with Gasteiger partial charge in [0.05, 0.1) is 21.7 Å². The Bertz CT molecular complexity index is 1090. The third-order valence-corrected chi connectivity index (χ3v) is 4.84. The van der Waals surface area contributed by atoms with Crippen molar-refractivity contribution in [1.82, 2.24) is 15.0 Å². The van der Waals surface area contributed by atoms with Gasteiger partial charge in [0.25, 0.3) is 0 Å². The van der Waals surface area contributed by atoms with E-state index in [9.17, 15) is 0 Å². The number of aromatic nitrogens is 3. The normalized spacial score (nSPS) is 11.4. The van der Waals surface area contributed by atoms with Gasteiger partial charge in [-0.15, -0.1) is 0 Å². The van der Waals surface area contributed by atoms with Gasteiger partial charge < -0.3 is 6.41 Å². The topological polar surface area (TPSA) is 41.6 Å². The van der Waals surface area contributed by atoms with Gasteiger partial charge in [0, 0.05) is 17.3 Å². The Morgan fingerprint density at radius 1 is 0.963 bits per heavy atom. The molecule has 0 unspecified atom stereocenters. The number of H-pyrrole nitrogens is 1. The summed E-state index contributed by atoms with van der Waals surface area (Å²) in [4.78, 5) is 12.5. The van der Waals surface area contributed by atoms with Gasteiger partial charge in [0.2, 0.25) is 0 Å². The van der Waals surface area contributed by atoms with E-state index in [4.69, 9.17) is 16.6 Å². The van der Waals surface area contributed by atoms with Crippen molar-refractivity contribution in [2.45, 2.75) is 26.2 Å². The maximum absolute atomic E-state index is 6.24. The minimum absolute atomic E-state index is 0. The molecule has 2 aromatic heterocycles. The second-order valence-electron chi connectivity index (χ2n) is 7.48. The number of rotatable bonds is 2. The Balaban J connectivity index is 0.00000140. The van der Waals surface area contributed by atoms with E-state index in [-0.39, 0.29) is 36.4 Å². The number of imidazole rings is 1.